The van der Waals surface area contributed by atoms with Gasteiger partial charge in [-0.2, -0.15) is 0 Å². The van der Waals surface area contributed by atoms with Crippen LogP contribution in [0.2, 0.25) is 0 Å². The topological polar surface area (TPSA) is 91.9 Å². The largest absolute Gasteiger partial charge is 0.491 e. The second-order valence-electron chi connectivity index (χ2n) is 7.65. The van der Waals surface area contributed by atoms with Crippen LogP contribution in [0.15, 0.2) is 18.2 Å². The van der Waals surface area contributed by atoms with Gasteiger partial charge in [0, 0.05) is 51.6 Å². The summed E-state index contributed by atoms with van der Waals surface area (Å²) in [6.07, 6.45) is 0.781. The first-order valence-corrected chi connectivity index (χ1v) is 10.2. The zero-order valence-corrected chi connectivity index (χ0v) is 18.1. The van der Waals surface area contributed by atoms with E-state index < -0.39 is 0 Å². The van der Waals surface area contributed by atoms with Gasteiger partial charge < -0.3 is 30.3 Å². The molecule has 0 radical (unpaired) electrons. The molecule has 3 N–H and O–H groups in total. The highest BCUT2D eigenvalue weighted by Gasteiger charge is 2.25. The van der Waals surface area contributed by atoms with E-state index in [-0.39, 0.29) is 30.0 Å². The molecule has 8 heteroatoms. The smallest absolute Gasteiger partial charge is 0.319 e. The van der Waals surface area contributed by atoms with Gasteiger partial charge >= 0.3 is 6.03 Å². The zero-order valence-electron chi connectivity index (χ0n) is 18.1. The van der Waals surface area contributed by atoms with Gasteiger partial charge in [-0.1, -0.05) is 13.8 Å². The summed E-state index contributed by atoms with van der Waals surface area (Å²) in [5.41, 5.74) is 1.03. The summed E-state index contributed by atoms with van der Waals surface area (Å²) >= 11 is 0. The number of fused-ring (bicyclic) bond motifs is 1. The highest BCUT2D eigenvalue weighted by Crippen LogP contribution is 2.26. The van der Waals surface area contributed by atoms with Crippen molar-refractivity contribution in [2.75, 3.05) is 45.7 Å². The average molecular weight is 407 g/mol. The summed E-state index contributed by atoms with van der Waals surface area (Å²) < 4.78 is 11.6. The van der Waals surface area contributed by atoms with E-state index >= 15 is 0 Å². The number of carbonyl (C=O) groups is 2. The molecular formula is C21H34N4O4. The minimum Gasteiger partial charge on any atom is -0.491 e. The highest BCUT2D eigenvalue weighted by molar-refractivity contribution is 5.98. The van der Waals surface area contributed by atoms with E-state index in [9.17, 15) is 9.59 Å². The van der Waals surface area contributed by atoms with E-state index in [0.717, 1.165) is 13.0 Å². The molecule has 8 nitrogen and oxygen atoms in total. The van der Waals surface area contributed by atoms with Crippen LogP contribution < -0.4 is 20.7 Å². The van der Waals surface area contributed by atoms with E-state index in [1.165, 1.54) is 0 Å². The standard InChI is InChI=1S/C21H34N4O4/c1-6-9-22-21(27)24-16-7-8-17-18(10-16)29-13-15(3)23-11-14(2)19(28-5)12-25(4)20(17)26/h7-8,10,14-15,19,23H,6,9,11-13H2,1-5H3,(H2,22,24,27)/t14-,15+,19-/m1/s1. The third-order valence-corrected chi connectivity index (χ3v) is 5.02. The van der Waals surface area contributed by atoms with E-state index in [4.69, 9.17) is 9.47 Å². The van der Waals surface area contributed by atoms with Crippen LogP contribution in [0.3, 0.4) is 0 Å². The molecule has 29 heavy (non-hydrogen) atoms. The van der Waals surface area contributed by atoms with Gasteiger partial charge in [0.1, 0.15) is 12.4 Å². The summed E-state index contributed by atoms with van der Waals surface area (Å²) in [5, 5.41) is 9.00. The molecule has 0 aromatic heterocycles. The Labute approximate surface area is 173 Å². The lowest BCUT2D eigenvalue weighted by atomic mass is 10.0. The number of nitrogens with one attached hydrogen (secondary N) is 3. The minimum absolute atomic E-state index is 0.0735. The monoisotopic (exact) mass is 406 g/mol. The summed E-state index contributed by atoms with van der Waals surface area (Å²) in [5.74, 6) is 0.550. The molecule has 1 aromatic rings. The fourth-order valence-electron chi connectivity index (χ4n) is 3.15. The van der Waals surface area contributed by atoms with Crippen molar-refractivity contribution in [2.24, 2.45) is 5.92 Å². The van der Waals surface area contributed by atoms with E-state index in [1.54, 1.807) is 37.3 Å². The predicted molar refractivity (Wildman–Crippen MR) is 114 cm³/mol. The average Bonchev–Trinajstić information content (AvgIpc) is 2.71. The van der Waals surface area contributed by atoms with Crippen molar-refractivity contribution in [3.63, 3.8) is 0 Å². The maximum absolute atomic E-state index is 13.1. The number of hydrogen-bond donors (Lipinski definition) is 3. The normalized spacial score (nSPS) is 23.3. The van der Waals surface area contributed by atoms with Crippen molar-refractivity contribution in [2.45, 2.75) is 39.3 Å². The molecule has 162 valence electrons. The summed E-state index contributed by atoms with van der Waals surface area (Å²) in [6.45, 7) is 8.37. The predicted octanol–water partition coefficient (Wildman–Crippen LogP) is 2.31. The number of likely N-dealkylation sites (N-methyl/N-ethyl adjacent to an activating group) is 1. The number of urea groups is 1. The van der Waals surface area contributed by atoms with Crippen LogP contribution >= 0.6 is 0 Å². The first-order valence-electron chi connectivity index (χ1n) is 10.2. The molecule has 3 amide bonds. The molecule has 2 rings (SSSR count). The molecule has 1 aromatic carbocycles. The number of anilines is 1. The second-order valence-corrected chi connectivity index (χ2v) is 7.65. The summed E-state index contributed by atoms with van der Waals surface area (Å²) in [4.78, 5) is 26.7. The van der Waals surface area contributed by atoms with Crippen LogP contribution in [-0.4, -0.2) is 69.4 Å². The Balaban J connectivity index is 2.27. The van der Waals surface area contributed by atoms with Crippen LogP contribution in [0.5, 0.6) is 5.75 Å². The highest BCUT2D eigenvalue weighted by atomic mass is 16.5. The van der Waals surface area contributed by atoms with Crippen LogP contribution in [0.1, 0.15) is 37.6 Å². The molecule has 0 saturated carbocycles. The first kappa shape index (κ1) is 23.0. The van der Waals surface area contributed by atoms with Gasteiger partial charge in [-0.05, 0) is 31.4 Å². The van der Waals surface area contributed by atoms with Gasteiger partial charge in [0.15, 0.2) is 0 Å². The molecule has 1 heterocycles. The van der Waals surface area contributed by atoms with Crippen LogP contribution in [0.4, 0.5) is 10.5 Å². The molecule has 1 aliphatic rings. The first-order chi connectivity index (χ1) is 13.8. The van der Waals surface area contributed by atoms with Crippen molar-refractivity contribution in [1.29, 1.82) is 0 Å². The van der Waals surface area contributed by atoms with Gasteiger partial charge in [-0.15, -0.1) is 0 Å². The number of ether oxygens (including phenoxy) is 2. The fourth-order valence-corrected chi connectivity index (χ4v) is 3.15. The summed E-state index contributed by atoms with van der Waals surface area (Å²) in [6, 6.07) is 4.92. The molecule has 0 spiro atoms. The van der Waals surface area contributed by atoms with Gasteiger partial charge in [0.05, 0.1) is 11.7 Å². The van der Waals surface area contributed by atoms with Crippen LogP contribution in [0.25, 0.3) is 0 Å². The second kappa shape index (κ2) is 11.0. The molecule has 3 atom stereocenters. The number of carbonyl (C=O) groups excluding carboxylic acids is 2. The Bertz CT molecular complexity index is 697. The number of nitrogens with zero attached hydrogens (tertiary/aromatic N) is 1. The van der Waals surface area contributed by atoms with Crippen LogP contribution in [0, 0.1) is 5.92 Å². The fraction of sp³-hybridized carbons (Fsp3) is 0.619. The van der Waals surface area contributed by atoms with E-state index in [1.807, 2.05) is 13.8 Å². The van der Waals surface area contributed by atoms with Gasteiger partial charge in [0.25, 0.3) is 5.91 Å². The SMILES string of the molecule is CCCNC(=O)Nc1ccc2c(c1)OC[C@H](C)NC[C@@H](C)[C@H](OC)CN(C)C2=O. The third-order valence-electron chi connectivity index (χ3n) is 5.02. The number of hydrogen-bond acceptors (Lipinski definition) is 5. The lowest BCUT2D eigenvalue weighted by Crippen LogP contribution is -2.44. The maximum Gasteiger partial charge on any atom is 0.319 e. The molecule has 0 aliphatic carbocycles. The number of methoxy groups -OCH3 is 1. The zero-order chi connectivity index (χ0) is 21.4. The van der Waals surface area contributed by atoms with E-state index in [0.29, 0.717) is 36.7 Å². The molecule has 0 fully saturated rings. The maximum atomic E-state index is 13.1. The minimum atomic E-state index is -0.282. The van der Waals surface area contributed by atoms with E-state index in [2.05, 4.69) is 22.9 Å². The van der Waals surface area contributed by atoms with Crippen molar-refractivity contribution < 1.29 is 19.1 Å². The molecule has 0 saturated heterocycles. The quantitative estimate of drug-likeness (QED) is 0.714. The van der Waals surface area contributed by atoms with Crippen LogP contribution in [-0.2, 0) is 4.74 Å². The molecular weight excluding hydrogens is 372 g/mol. The van der Waals surface area contributed by atoms with Crippen molar-refractivity contribution in [3.05, 3.63) is 23.8 Å². The lowest BCUT2D eigenvalue weighted by Gasteiger charge is -2.30. The van der Waals surface area contributed by atoms with Gasteiger partial charge in [0.2, 0.25) is 0 Å². The Morgan fingerprint density at radius 1 is 1.38 bits per heavy atom. The van der Waals surface area contributed by atoms with Crippen molar-refractivity contribution >= 4 is 17.6 Å². The Kier molecular flexibility index (Phi) is 8.72. The number of amides is 3. The van der Waals surface area contributed by atoms with Gasteiger partial charge in [-0.25, -0.2) is 4.79 Å². The number of rotatable bonds is 4. The molecule has 1 aliphatic heterocycles. The summed E-state index contributed by atoms with van der Waals surface area (Å²) in [7, 11) is 3.43. The third kappa shape index (κ3) is 6.61. The molecule has 0 bridgehead atoms. The Morgan fingerprint density at radius 3 is 2.83 bits per heavy atom. The van der Waals surface area contributed by atoms with Crippen molar-refractivity contribution in [1.82, 2.24) is 15.5 Å². The van der Waals surface area contributed by atoms with Crippen molar-refractivity contribution in [3.8, 4) is 5.75 Å². The Morgan fingerprint density at radius 2 is 2.14 bits per heavy atom. The van der Waals surface area contributed by atoms with Gasteiger partial charge in [-0.3, -0.25) is 4.79 Å². The molecule has 0 unspecified atom stereocenters. The lowest BCUT2D eigenvalue weighted by molar-refractivity contribution is 0.0281. The Hall–Kier alpha value is -2.32. The number of benzene rings is 1.